The molecule has 1 rings (SSSR count). The maximum absolute atomic E-state index is 10.4. The lowest BCUT2D eigenvalue weighted by atomic mass is 10.2. The van der Waals surface area contributed by atoms with Crippen LogP contribution in [0, 0.1) is 0 Å². The fourth-order valence-corrected chi connectivity index (χ4v) is 2.39. The van der Waals surface area contributed by atoms with Gasteiger partial charge in [-0.2, -0.15) is 0 Å². The Morgan fingerprint density at radius 1 is 1.33 bits per heavy atom. The average Bonchev–Trinajstić information content (AvgIpc) is 2.03. The Labute approximate surface area is 87.2 Å². The van der Waals surface area contributed by atoms with Crippen LogP contribution < -0.4 is 4.74 Å². The number of hydrogen-bond donors (Lipinski definition) is 0. The van der Waals surface area contributed by atoms with E-state index in [-0.39, 0.29) is 0 Å². The van der Waals surface area contributed by atoms with Crippen LogP contribution in [0.4, 0.5) is 0 Å². The summed E-state index contributed by atoms with van der Waals surface area (Å²) in [5.41, 5.74) is 0.606. The third kappa shape index (κ3) is 1.87. The van der Waals surface area contributed by atoms with E-state index in [9.17, 15) is 4.79 Å². The maximum Gasteiger partial charge on any atom is 0.150 e. The number of carbonyl (C=O) groups is 1. The molecule has 64 valence electrons. The molecule has 0 aliphatic rings. The first-order valence-corrected chi connectivity index (χ1v) is 4.76. The van der Waals surface area contributed by atoms with Gasteiger partial charge in [-0.05, 0) is 44.0 Å². The minimum absolute atomic E-state index is 0.606. The summed E-state index contributed by atoms with van der Waals surface area (Å²) >= 11 is 6.57. The summed E-state index contributed by atoms with van der Waals surface area (Å²) in [5, 5.41) is 0. The summed E-state index contributed by atoms with van der Waals surface area (Å²) in [6.07, 6.45) is 0.787. The standard InChI is InChI=1S/C8H6Br2O2/c1-12-8-6(9)2-5(4-11)3-7(8)10/h2-4H,1H3. The molecule has 0 heterocycles. The number of benzene rings is 1. The van der Waals surface area contributed by atoms with Gasteiger partial charge in [0.25, 0.3) is 0 Å². The molecule has 1 aromatic carbocycles. The smallest absolute Gasteiger partial charge is 0.150 e. The molecule has 0 spiro atoms. The zero-order valence-corrected chi connectivity index (χ0v) is 9.48. The Bertz CT molecular complexity index is 287. The Balaban J connectivity index is 3.27. The van der Waals surface area contributed by atoms with E-state index in [1.807, 2.05) is 0 Å². The van der Waals surface area contributed by atoms with E-state index in [0.29, 0.717) is 11.3 Å². The van der Waals surface area contributed by atoms with Gasteiger partial charge in [0.2, 0.25) is 0 Å². The molecule has 0 unspecified atom stereocenters. The lowest BCUT2D eigenvalue weighted by Gasteiger charge is -2.05. The highest BCUT2D eigenvalue weighted by molar-refractivity contribution is 9.11. The number of hydrogen-bond acceptors (Lipinski definition) is 2. The molecule has 0 fully saturated rings. The Hall–Kier alpha value is -0.350. The highest BCUT2D eigenvalue weighted by Crippen LogP contribution is 2.33. The summed E-state index contributed by atoms with van der Waals surface area (Å²) < 4.78 is 6.60. The van der Waals surface area contributed by atoms with Gasteiger partial charge in [-0.25, -0.2) is 0 Å². The fraction of sp³-hybridized carbons (Fsp3) is 0.125. The van der Waals surface area contributed by atoms with Crippen LogP contribution >= 0.6 is 31.9 Å². The van der Waals surface area contributed by atoms with Crippen molar-refractivity contribution in [1.29, 1.82) is 0 Å². The number of carbonyl (C=O) groups excluding carboxylic acids is 1. The van der Waals surface area contributed by atoms with Gasteiger partial charge >= 0.3 is 0 Å². The lowest BCUT2D eigenvalue weighted by molar-refractivity contribution is 0.112. The second-order valence-electron chi connectivity index (χ2n) is 2.14. The summed E-state index contributed by atoms with van der Waals surface area (Å²) in [6.45, 7) is 0. The summed E-state index contributed by atoms with van der Waals surface area (Å²) in [4.78, 5) is 10.4. The van der Waals surface area contributed by atoms with E-state index in [1.54, 1.807) is 19.2 Å². The van der Waals surface area contributed by atoms with Gasteiger partial charge < -0.3 is 4.74 Å². The van der Waals surface area contributed by atoms with E-state index in [0.717, 1.165) is 15.2 Å². The summed E-state index contributed by atoms with van der Waals surface area (Å²) in [7, 11) is 1.57. The molecule has 0 aliphatic carbocycles. The highest BCUT2D eigenvalue weighted by Gasteiger charge is 2.06. The number of halogens is 2. The van der Waals surface area contributed by atoms with Crippen LogP contribution in [-0.2, 0) is 0 Å². The van der Waals surface area contributed by atoms with Crippen molar-refractivity contribution in [3.05, 3.63) is 26.6 Å². The topological polar surface area (TPSA) is 26.3 Å². The molecule has 4 heteroatoms. The molecule has 0 atom stereocenters. The second kappa shape index (κ2) is 4.05. The predicted octanol–water partition coefficient (Wildman–Crippen LogP) is 3.03. The lowest BCUT2D eigenvalue weighted by Crippen LogP contribution is -1.88. The number of ether oxygens (including phenoxy) is 1. The van der Waals surface area contributed by atoms with Gasteiger partial charge in [-0.15, -0.1) is 0 Å². The first kappa shape index (κ1) is 9.74. The van der Waals surface area contributed by atoms with Crippen molar-refractivity contribution in [3.63, 3.8) is 0 Å². The van der Waals surface area contributed by atoms with Crippen LogP contribution in [0.3, 0.4) is 0 Å². The van der Waals surface area contributed by atoms with Gasteiger partial charge in [0.15, 0.2) is 0 Å². The van der Waals surface area contributed by atoms with Crippen LogP contribution in [0.2, 0.25) is 0 Å². The quantitative estimate of drug-likeness (QED) is 0.784. The van der Waals surface area contributed by atoms with Crippen LogP contribution in [0.25, 0.3) is 0 Å². The van der Waals surface area contributed by atoms with Crippen molar-refractivity contribution in [1.82, 2.24) is 0 Å². The van der Waals surface area contributed by atoms with Crippen molar-refractivity contribution in [2.24, 2.45) is 0 Å². The molecule has 0 N–H and O–H groups in total. The van der Waals surface area contributed by atoms with Gasteiger partial charge in [0.1, 0.15) is 12.0 Å². The predicted molar refractivity (Wildman–Crippen MR) is 53.8 cm³/mol. The Kier molecular flexibility index (Phi) is 3.29. The molecule has 0 saturated carbocycles. The first-order valence-electron chi connectivity index (χ1n) is 3.17. The van der Waals surface area contributed by atoms with Crippen molar-refractivity contribution in [2.75, 3.05) is 7.11 Å². The van der Waals surface area contributed by atoms with Crippen molar-refractivity contribution in [3.8, 4) is 5.75 Å². The number of methoxy groups -OCH3 is 1. The number of rotatable bonds is 2. The molecular weight excluding hydrogens is 288 g/mol. The summed E-state index contributed by atoms with van der Waals surface area (Å²) in [6, 6.07) is 3.41. The maximum atomic E-state index is 10.4. The van der Waals surface area contributed by atoms with Crippen molar-refractivity contribution in [2.45, 2.75) is 0 Å². The average molecular weight is 294 g/mol. The van der Waals surface area contributed by atoms with E-state index < -0.39 is 0 Å². The zero-order chi connectivity index (χ0) is 9.14. The van der Waals surface area contributed by atoms with E-state index >= 15 is 0 Å². The van der Waals surface area contributed by atoms with Gasteiger partial charge in [-0.1, -0.05) is 0 Å². The molecule has 0 bridgehead atoms. The molecule has 0 saturated heterocycles. The highest BCUT2D eigenvalue weighted by atomic mass is 79.9. The summed E-state index contributed by atoms with van der Waals surface area (Å²) in [5.74, 6) is 0.695. The minimum Gasteiger partial charge on any atom is -0.494 e. The Morgan fingerprint density at radius 2 is 1.83 bits per heavy atom. The monoisotopic (exact) mass is 292 g/mol. The molecule has 0 aliphatic heterocycles. The molecule has 12 heavy (non-hydrogen) atoms. The van der Waals surface area contributed by atoms with Gasteiger partial charge in [0, 0.05) is 5.56 Å². The van der Waals surface area contributed by atoms with Crippen molar-refractivity contribution >= 4 is 38.1 Å². The van der Waals surface area contributed by atoms with E-state index in [2.05, 4.69) is 31.9 Å². The Morgan fingerprint density at radius 3 is 2.17 bits per heavy atom. The minimum atomic E-state index is 0.606. The zero-order valence-electron chi connectivity index (χ0n) is 6.30. The van der Waals surface area contributed by atoms with Gasteiger partial charge in [-0.3, -0.25) is 4.79 Å². The van der Waals surface area contributed by atoms with Gasteiger partial charge in [0.05, 0.1) is 16.1 Å². The molecule has 0 radical (unpaired) electrons. The molecule has 0 aromatic heterocycles. The van der Waals surface area contributed by atoms with Crippen LogP contribution in [0.5, 0.6) is 5.75 Å². The number of aldehydes is 1. The third-order valence-corrected chi connectivity index (χ3v) is 2.54. The van der Waals surface area contributed by atoms with Crippen molar-refractivity contribution < 1.29 is 9.53 Å². The SMILES string of the molecule is COc1c(Br)cc(C=O)cc1Br. The van der Waals surface area contributed by atoms with E-state index in [1.165, 1.54) is 0 Å². The normalized spacial score (nSPS) is 9.58. The third-order valence-electron chi connectivity index (χ3n) is 1.36. The molecule has 0 amide bonds. The second-order valence-corrected chi connectivity index (χ2v) is 3.84. The van der Waals surface area contributed by atoms with Crippen LogP contribution in [-0.4, -0.2) is 13.4 Å². The molecule has 1 aromatic rings. The van der Waals surface area contributed by atoms with E-state index in [4.69, 9.17) is 4.74 Å². The first-order chi connectivity index (χ1) is 5.69. The molecular formula is C8H6Br2O2. The molecule has 2 nitrogen and oxygen atoms in total. The van der Waals surface area contributed by atoms with Crippen LogP contribution in [0.1, 0.15) is 10.4 Å². The van der Waals surface area contributed by atoms with Crippen LogP contribution in [0.15, 0.2) is 21.1 Å². The largest absolute Gasteiger partial charge is 0.494 e. The fourth-order valence-electron chi connectivity index (χ4n) is 0.843.